The van der Waals surface area contributed by atoms with Gasteiger partial charge >= 0.3 is 0 Å². The summed E-state index contributed by atoms with van der Waals surface area (Å²) in [6.45, 7) is 5.71. The minimum atomic E-state index is 0.914. The monoisotopic (exact) mass is 238 g/mol. The molecule has 2 heteroatoms. The van der Waals surface area contributed by atoms with Crippen molar-refractivity contribution in [2.45, 2.75) is 6.92 Å². The number of halogens is 2. The smallest absolute Gasteiger partial charge is 0.0242 e. The first-order valence-electron chi connectivity index (χ1n) is 2.24. The zero-order valence-corrected chi connectivity index (χ0v) is 7.92. The van der Waals surface area contributed by atoms with Gasteiger partial charge in [0.1, 0.15) is 0 Å². The van der Waals surface area contributed by atoms with Gasteiger partial charge in [0.25, 0.3) is 0 Å². The van der Waals surface area contributed by atoms with Crippen LogP contribution in [-0.2, 0) is 0 Å². The molecular weight excluding hydrogens is 232 g/mol. The lowest BCUT2D eigenvalue weighted by molar-refractivity contribution is 1.42. The Morgan fingerprint density at radius 3 is 2.38 bits per heavy atom. The standard InChI is InChI=1S/C6H8Br2/c1-5(4-7)3-6(2)8/h3H,2,4H2,1H3/b5-3+. The minimum absolute atomic E-state index is 0.914. The predicted octanol–water partition coefficient (Wildman–Crippen LogP) is 3.24. The van der Waals surface area contributed by atoms with Gasteiger partial charge in [-0.1, -0.05) is 44.0 Å². The highest BCUT2D eigenvalue weighted by Gasteiger charge is 1.83. The summed E-state index contributed by atoms with van der Waals surface area (Å²) >= 11 is 6.54. The number of allylic oxidation sites excluding steroid dienone is 3. The summed E-state index contributed by atoms with van der Waals surface area (Å²) in [4.78, 5) is 0. The van der Waals surface area contributed by atoms with Crippen LogP contribution in [0.1, 0.15) is 6.92 Å². The Hall–Kier alpha value is 0.440. The molecule has 0 N–H and O–H groups in total. The molecule has 0 heterocycles. The van der Waals surface area contributed by atoms with Crippen LogP contribution in [0.15, 0.2) is 22.7 Å². The molecule has 0 radical (unpaired) electrons. The van der Waals surface area contributed by atoms with Gasteiger partial charge in [0.15, 0.2) is 0 Å². The van der Waals surface area contributed by atoms with Gasteiger partial charge < -0.3 is 0 Å². The molecule has 0 aliphatic carbocycles. The minimum Gasteiger partial charge on any atom is -0.0880 e. The van der Waals surface area contributed by atoms with Crippen LogP contribution in [0.2, 0.25) is 0 Å². The molecule has 0 bridgehead atoms. The molecule has 0 aliphatic heterocycles. The van der Waals surface area contributed by atoms with E-state index in [9.17, 15) is 0 Å². The molecule has 0 nitrogen and oxygen atoms in total. The van der Waals surface area contributed by atoms with Crippen molar-refractivity contribution in [3.05, 3.63) is 22.7 Å². The van der Waals surface area contributed by atoms with E-state index in [-0.39, 0.29) is 0 Å². The largest absolute Gasteiger partial charge is 0.0880 e. The molecule has 0 atom stereocenters. The van der Waals surface area contributed by atoms with E-state index in [0.29, 0.717) is 0 Å². The molecule has 0 aromatic rings. The highest BCUT2D eigenvalue weighted by atomic mass is 79.9. The Balaban J connectivity index is 3.75. The molecule has 0 amide bonds. The number of hydrogen-bond acceptors (Lipinski definition) is 0. The molecule has 0 saturated heterocycles. The molecule has 0 aliphatic rings. The Kier molecular flexibility index (Phi) is 4.57. The van der Waals surface area contributed by atoms with E-state index < -0.39 is 0 Å². The average Bonchev–Trinajstić information content (AvgIpc) is 1.65. The topological polar surface area (TPSA) is 0 Å². The first kappa shape index (κ1) is 8.44. The fraction of sp³-hybridized carbons (Fsp3) is 0.333. The fourth-order valence-corrected chi connectivity index (χ4v) is 0.859. The summed E-state index contributed by atoms with van der Waals surface area (Å²) in [5.41, 5.74) is 1.27. The molecule has 46 valence electrons. The highest BCUT2D eigenvalue weighted by molar-refractivity contribution is 9.11. The molecule has 8 heavy (non-hydrogen) atoms. The van der Waals surface area contributed by atoms with Gasteiger partial charge in [-0.15, -0.1) is 0 Å². The maximum atomic E-state index is 3.66. The van der Waals surface area contributed by atoms with Crippen molar-refractivity contribution < 1.29 is 0 Å². The lowest BCUT2D eigenvalue weighted by atomic mass is 10.3. The van der Waals surface area contributed by atoms with Crippen molar-refractivity contribution in [3.63, 3.8) is 0 Å². The Bertz CT molecular complexity index is 114. The maximum Gasteiger partial charge on any atom is 0.0242 e. The first-order valence-corrected chi connectivity index (χ1v) is 4.16. The van der Waals surface area contributed by atoms with Gasteiger partial charge in [-0.2, -0.15) is 0 Å². The van der Waals surface area contributed by atoms with Crippen molar-refractivity contribution in [2.24, 2.45) is 0 Å². The number of alkyl halides is 1. The normalized spacial score (nSPS) is 11.6. The second-order valence-electron chi connectivity index (χ2n) is 1.57. The molecule has 0 saturated carbocycles. The van der Waals surface area contributed by atoms with Crippen LogP contribution in [-0.4, -0.2) is 5.33 Å². The van der Waals surface area contributed by atoms with Crippen LogP contribution in [0.5, 0.6) is 0 Å². The van der Waals surface area contributed by atoms with Crippen molar-refractivity contribution in [1.29, 1.82) is 0 Å². The second-order valence-corrected chi connectivity index (χ2v) is 3.15. The third-order valence-corrected chi connectivity index (χ3v) is 1.73. The van der Waals surface area contributed by atoms with Crippen molar-refractivity contribution in [2.75, 3.05) is 5.33 Å². The van der Waals surface area contributed by atoms with Gasteiger partial charge in [-0.05, 0) is 13.0 Å². The van der Waals surface area contributed by atoms with Crippen molar-refractivity contribution >= 4 is 31.9 Å². The average molecular weight is 240 g/mol. The van der Waals surface area contributed by atoms with Crippen molar-refractivity contribution in [3.8, 4) is 0 Å². The molecular formula is C6H8Br2. The van der Waals surface area contributed by atoms with E-state index in [1.54, 1.807) is 0 Å². The van der Waals surface area contributed by atoms with Gasteiger partial charge in [0.05, 0.1) is 0 Å². The van der Waals surface area contributed by atoms with Crippen LogP contribution in [0, 0.1) is 0 Å². The van der Waals surface area contributed by atoms with Crippen LogP contribution >= 0.6 is 31.9 Å². The number of rotatable bonds is 2. The molecule has 0 spiro atoms. The molecule has 0 rings (SSSR count). The van der Waals surface area contributed by atoms with Crippen LogP contribution < -0.4 is 0 Å². The summed E-state index contributed by atoms with van der Waals surface area (Å²) in [7, 11) is 0. The summed E-state index contributed by atoms with van der Waals surface area (Å²) in [5, 5.41) is 0.914. The van der Waals surface area contributed by atoms with E-state index in [1.807, 2.05) is 13.0 Å². The third-order valence-electron chi connectivity index (χ3n) is 0.614. The quantitative estimate of drug-likeness (QED) is 0.513. The summed E-state index contributed by atoms with van der Waals surface area (Å²) in [5.74, 6) is 0. The zero-order chi connectivity index (χ0) is 6.57. The summed E-state index contributed by atoms with van der Waals surface area (Å²) < 4.78 is 0.925. The van der Waals surface area contributed by atoms with Gasteiger partial charge in [0, 0.05) is 9.81 Å². The van der Waals surface area contributed by atoms with Crippen LogP contribution in [0.25, 0.3) is 0 Å². The van der Waals surface area contributed by atoms with Gasteiger partial charge in [0.2, 0.25) is 0 Å². The summed E-state index contributed by atoms with van der Waals surface area (Å²) in [6, 6.07) is 0. The first-order chi connectivity index (χ1) is 3.66. The lowest BCUT2D eigenvalue weighted by Gasteiger charge is -1.89. The SMILES string of the molecule is C=C(Br)/C=C(\C)CBr. The van der Waals surface area contributed by atoms with E-state index in [2.05, 4.69) is 38.4 Å². The highest BCUT2D eigenvalue weighted by Crippen LogP contribution is 2.07. The molecule has 0 aromatic carbocycles. The van der Waals surface area contributed by atoms with Gasteiger partial charge in [-0.3, -0.25) is 0 Å². The maximum absolute atomic E-state index is 3.66. The van der Waals surface area contributed by atoms with Crippen LogP contribution in [0.4, 0.5) is 0 Å². The Morgan fingerprint density at radius 1 is 1.75 bits per heavy atom. The fourth-order valence-electron chi connectivity index (χ4n) is 0.306. The lowest BCUT2D eigenvalue weighted by Crippen LogP contribution is -1.73. The van der Waals surface area contributed by atoms with Gasteiger partial charge in [-0.25, -0.2) is 0 Å². The van der Waals surface area contributed by atoms with Crippen LogP contribution in [0.3, 0.4) is 0 Å². The van der Waals surface area contributed by atoms with E-state index in [0.717, 1.165) is 9.81 Å². The van der Waals surface area contributed by atoms with E-state index in [4.69, 9.17) is 0 Å². The predicted molar refractivity (Wildman–Crippen MR) is 45.6 cm³/mol. The molecule has 0 fully saturated rings. The second kappa shape index (κ2) is 4.33. The Labute approximate surface area is 66.9 Å². The summed E-state index contributed by atoms with van der Waals surface area (Å²) in [6.07, 6.45) is 1.98. The third kappa shape index (κ3) is 4.60. The Morgan fingerprint density at radius 2 is 2.25 bits per heavy atom. The zero-order valence-electron chi connectivity index (χ0n) is 4.75. The molecule has 0 aromatic heterocycles. The van der Waals surface area contributed by atoms with Crippen molar-refractivity contribution in [1.82, 2.24) is 0 Å². The number of hydrogen-bond donors (Lipinski definition) is 0. The van der Waals surface area contributed by atoms with E-state index >= 15 is 0 Å². The van der Waals surface area contributed by atoms with E-state index in [1.165, 1.54) is 5.57 Å². The molecule has 0 unspecified atom stereocenters.